The highest BCUT2D eigenvalue weighted by Gasteiger charge is 2.22. The fourth-order valence-electron chi connectivity index (χ4n) is 1.09. The Bertz CT molecular complexity index is 213. The predicted molar refractivity (Wildman–Crippen MR) is 60.1 cm³/mol. The fraction of sp³-hybridized carbons (Fsp3) is 0.800. The number of hydrogen-bond acceptors (Lipinski definition) is 6. The van der Waals surface area contributed by atoms with E-state index >= 15 is 0 Å². The second-order valence-electron chi connectivity index (χ2n) is 3.19. The molecule has 0 aromatic heterocycles. The Kier molecular flexibility index (Phi) is 8.65. The molecule has 7 heteroatoms. The van der Waals surface area contributed by atoms with Gasteiger partial charge in [-0.2, -0.15) is 0 Å². The quantitative estimate of drug-likeness (QED) is 0.592. The summed E-state index contributed by atoms with van der Waals surface area (Å²) in [5, 5.41) is 0. The third-order valence-electron chi connectivity index (χ3n) is 2.12. The van der Waals surface area contributed by atoms with Gasteiger partial charge >= 0.3 is 21.9 Å². The molecule has 2 atom stereocenters. The van der Waals surface area contributed by atoms with Crippen LogP contribution >= 0.6 is 0 Å². The molecule has 0 rings (SSSR count). The predicted octanol–water partition coefficient (Wildman–Crippen LogP) is 0.457. The van der Waals surface area contributed by atoms with Crippen LogP contribution in [0, 0.1) is 0 Å². The molecule has 0 aliphatic heterocycles. The van der Waals surface area contributed by atoms with Gasteiger partial charge in [0.2, 0.25) is 0 Å². The summed E-state index contributed by atoms with van der Waals surface area (Å²) in [7, 11) is 2.17. The van der Waals surface area contributed by atoms with Gasteiger partial charge in [0, 0.05) is 14.2 Å². The summed E-state index contributed by atoms with van der Waals surface area (Å²) in [6, 6.07) is 0. The van der Waals surface area contributed by atoms with Crippen molar-refractivity contribution in [1.82, 2.24) is 0 Å². The van der Waals surface area contributed by atoms with E-state index in [2.05, 4.69) is 0 Å². The number of carbonyl (C=O) groups is 2. The highest BCUT2D eigenvalue weighted by molar-refractivity contribution is 6.26. The molecule has 0 saturated carbocycles. The van der Waals surface area contributed by atoms with Crippen molar-refractivity contribution in [2.75, 3.05) is 14.2 Å². The molecule has 0 heterocycles. The molecule has 0 spiro atoms. The molecule has 17 heavy (non-hydrogen) atoms. The Balaban J connectivity index is 3.90. The summed E-state index contributed by atoms with van der Waals surface area (Å²) >= 11 is 0. The highest BCUT2D eigenvalue weighted by atomic mass is 28.3. The first-order valence-electron chi connectivity index (χ1n) is 5.32. The normalized spacial score (nSPS) is 13.9. The maximum Gasteiger partial charge on any atom is 0.614 e. The van der Waals surface area contributed by atoms with E-state index in [4.69, 9.17) is 18.3 Å². The third-order valence-corrected chi connectivity index (χ3v) is 2.69. The lowest BCUT2D eigenvalue weighted by molar-refractivity contribution is -0.151. The minimum atomic E-state index is -0.669. The van der Waals surface area contributed by atoms with Crippen LogP contribution in [0.1, 0.15) is 26.7 Å². The molecule has 0 bridgehead atoms. The SMILES string of the molecule is CCC(OC)C(=O)O[Si]OC(=O)C(CC)OC. The number of ether oxygens (including phenoxy) is 2. The summed E-state index contributed by atoms with van der Waals surface area (Å²) in [5.74, 6) is -1.07. The van der Waals surface area contributed by atoms with Crippen molar-refractivity contribution in [3.63, 3.8) is 0 Å². The van der Waals surface area contributed by atoms with Gasteiger partial charge in [0.25, 0.3) is 0 Å². The van der Waals surface area contributed by atoms with Crippen molar-refractivity contribution in [3.05, 3.63) is 0 Å². The van der Waals surface area contributed by atoms with E-state index in [9.17, 15) is 9.59 Å². The minimum absolute atomic E-state index is 0.503. The average molecular weight is 262 g/mol. The first kappa shape index (κ1) is 16.1. The summed E-state index contributed by atoms with van der Waals surface area (Å²) in [6.07, 6.45) is -0.233. The average Bonchev–Trinajstić information content (AvgIpc) is 2.32. The molecular weight excluding hydrogens is 244 g/mol. The Morgan fingerprint density at radius 1 is 0.941 bits per heavy atom. The zero-order valence-electron chi connectivity index (χ0n) is 10.5. The van der Waals surface area contributed by atoms with Gasteiger partial charge in [0.05, 0.1) is 0 Å². The van der Waals surface area contributed by atoms with Gasteiger partial charge in [0.15, 0.2) is 12.2 Å². The van der Waals surface area contributed by atoms with Gasteiger partial charge in [-0.3, -0.25) is 9.59 Å². The summed E-state index contributed by atoms with van der Waals surface area (Å²) in [5.41, 5.74) is 0. The molecule has 0 aliphatic carbocycles. The lowest BCUT2D eigenvalue weighted by Gasteiger charge is -2.13. The molecule has 2 unspecified atom stereocenters. The Labute approximate surface area is 104 Å². The molecular formula is C10H18O6Si. The molecule has 0 fully saturated rings. The van der Waals surface area contributed by atoms with Gasteiger partial charge in [-0.25, -0.2) is 0 Å². The standard InChI is InChI=1S/C10H18O6Si/c1-5-7(13-3)9(11)15-17-16-10(12)8(6-2)14-4/h7-8H,5-6H2,1-4H3. The molecule has 0 aromatic rings. The van der Waals surface area contributed by atoms with Crippen LogP contribution in [-0.2, 0) is 27.9 Å². The van der Waals surface area contributed by atoms with E-state index in [1.807, 2.05) is 0 Å². The molecule has 6 nitrogen and oxygen atoms in total. The first-order chi connectivity index (χ1) is 8.10. The second kappa shape index (κ2) is 9.14. The largest absolute Gasteiger partial charge is 0.614 e. The Morgan fingerprint density at radius 3 is 1.53 bits per heavy atom. The molecule has 98 valence electrons. The van der Waals surface area contributed by atoms with Crippen LogP contribution in [0.2, 0.25) is 0 Å². The van der Waals surface area contributed by atoms with Crippen molar-refractivity contribution >= 4 is 21.9 Å². The van der Waals surface area contributed by atoms with Crippen LogP contribution < -0.4 is 0 Å². The highest BCUT2D eigenvalue weighted by Crippen LogP contribution is 2.01. The second-order valence-corrected chi connectivity index (χ2v) is 3.77. The van der Waals surface area contributed by atoms with Crippen LogP contribution in [0.4, 0.5) is 0 Å². The van der Waals surface area contributed by atoms with Crippen LogP contribution in [-0.4, -0.2) is 48.4 Å². The Hall–Kier alpha value is -0.923. The van der Waals surface area contributed by atoms with Gasteiger partial charge in [-0.05, 0) is 12.8 Å². The number of hydrogen-bond donors (Lipinski definition) is 0. The van der Waals surface area contributed by atoms with Gasteiger partial charge in [-0.15, -0.1) is 0 Å². The van der Waals surface area contributed by atoms with Crippen molar-refractivity contribution in [3.8, 4) is 0 Å². The van der Waals surface area contributed by atoms with Crippen molar-refractivity contribution < 1.29 is 27.9 Å². The van der Waals surface area contributed by atoms with Gasteiger partial charge < -0.3 is 18.3 Å². The van der Waals surface area contributed by atoms with Crippen LogP contribution in [0.15, 0.2) is 0 Å². The smallest absolute Gasteiger partial charge is 0.479 e. The molecule has 0 aliphatic rings. The van der Waals surface area contributed by atoms with Crippen molar-refractivity contribution in [2.24, 2.45) is 0 Å². The number of methoxy groups -OCH3 is 2. The number of carbonyl (C=O) groups excluding carboxylic acids is 2. The van der Waals surface area contributed by atoms with Crippen molar-refractivity contribution in [1.29, 1.82) is 0 Å². The van der Waals surface area contributed by atoms with Crippen LogP contribution in [0.3, 0.4) is 0 Å². The lowest BCUT2D eigenvalue weighted by atomic mass is 10.3. The van der Waals surface area contributed by atoms with Crippen LogP contribution in [0.25, 0.3) is 0 Å². The molecule has 0 amide bonds. The zero-order chi connectivity index (χ0) is 13.3. The van der Waals surface area contributed by atoms with E-state index in [1.54, 1.807) is 13.8 Å². The summed E-state index contributed by atoms with van der Waals surface area (Å²) < 4.78 is 19.3. The van der Waals surface area contributed by atoms with Gasteiger partial charge in [-0.1, -0.05) is 13.8 Å². The van der Waals surface area contributed by atoms with E-state index in [-0.39, 0.29) is 0 Å². The summed E-state index contributed by atoms with van der Waals surface area (Å²) in [4.78, 5) is 22.7. The fourth-order valence-corrected chi connectivity index (χ4v) is 1.56. The molecule has 0 saturated heterocycles. The maximum absolute atomic E-state index is 11.3. The lowest BCUT2D eigenvalue weighted by Crippen LogP contribution is -2.30. The Morgan fingerprint density at radius 2 is 1.29 bits per heavy atom. The third kappa shape index (κ3) is 5.80. The van der Waals surface area contributed by atoms with Gasteiger partial charge in [0.1, 0.15) is 0 Å². The molecule has 0 N–H and O–H groups in total. The first-order valence-corrected chi connectivity index (χ1v) is 6.14. The minimum Gasteiger partial charge on any atom is -0.479 e. The topological polar surface area (TPSA) is 71.1 Å². The van der Waals surface area contributed by atoms with E-state index < -0.39 is 34.2 Å². The van der Waals surface area contributed by atoms with E-state index in [0.29, 0.717) is 12.8 Å². The number of rotatable bonds is 8. The van der Waals surface area contributed by atoms with Crippen LogP contribution in [0.5, 0.6) is 0 Å². The molecule has 0 aromatic carbocycles. The molecule has 2 radical (unpaired) electrons. The van der Waals surface area contributed by atoms with E-state index in [1.165, 1.54) is 14.2 Å². The summed E-state index contributed by atoms with van der Waals surface area (Å²) in [6.45, 7) is 3.59. The zero-order valence-corrected chi connectivity index (χ0v) is 11.5. The maximum atomic E-state index is 11.3. The monoisotopic (exact) mass is 262 g/mol. The van der Waals surface area contributed by atoms with Crippen molar-refractivity contribution in [2.45, 2.75) is 38.9 Å². The van der Waals surface area contributed by atoms with E-state index in [0.717, 1.165) is 0 Å².